The molecule has 0 saturated carbocycles. The second-order valence-corrected chi connectivity index (χ2v) is 5.26. The molecule has 1 aliphatic heterocycles. The van der Waals surface area contributed by atoms with Gasteiger partial charge in [-0.05, 0) is 32.4 Å². The summed E-state index contributed by atoms with van der Waals surface area (Å²) in [6.45, 7) is 7.56. The van der Waals surface area contributed by atoms with Gasteiger partial charge in [-0.1, -0.05) is 12.1 Å². The number of carbonyl (C=O) groups excluding carboxylic acids is 1. The SMILES string of the molecule is CC(C)N1CCCN(C(=O)c2ccccc2F)CC1. The molecule has 0 atom stereocenters. The Bertz CT molecular complexity index is 448. The molecule has 0 bridgehead atoms. The van der Waals surface area contributed by atoms with Crippen LogP contribution in [-0.2, 0) is 0 Å². The average Bonchev–Trinajstić information content (AvgIpc) is 2.64. The molecular formula is C15H21FN2O. The average molecular weight is 264 g/mol. The molecule has 0 N–H and O–H groups in total. The second kappa shape index (κ2) is 6.15. The van der Waals surface area contributed by atoms with Crippen molar-refractivity contribution >= 4 is 5.91 Å². The van der Waals surface area contributed by atoms with Crippen molar-refractivity contribution in [3.8, 4) is 0 Å². The number of hydrogen-bond donors (Lipinski definition) is 0. The van der Waals surface area contributed by atoms with Crippen LogP contribution < -0.4 is 0 Å². The monoisotopic (exact) mass is 264 g/mol. The van der Waals surface area contributed by atoms with Crippen LogP contribution in [-0.4, -0.2) is 47.9 Å². The van der Waals surface area contributed by atoms with Crippen molar-refractivity contribution in [1.29, 1.82) is 0 Å². The Morgan fingerprint density at radius 3 is 2.58 bits per heavy atom. The van der Waals surface area contributed by atoms with Gasteiger partial charge in [-0.3, -0.25) is 9.69 Å². The van der Waals surface area contributed by atoms with Crippen LogP contribution in [0.15, 0.2) is 24.3 Å². The summed E-state index contributed by atoms with van der Waals surface area (Å²) in [5.74, 6) is -0.624. The van der Waals surface area contributed by atoms with Crippen molar-refractivity contribution in [3.63, 3.8) is 0 Å². The van der Waals surface area contributed by atoms with E-state index in [-0.39, 0.29) is 11.5 Å². The molecule has 0 aliphatic carbocycles. The van der Waals surface area contributed by atoms with E-state index in [1.165, 1.54) is 6.07 Å². The van der Waals surface area contributed by atoms with Crippen LogP contribution in [0.1, 0.15) is 30.6 Å². The van der Waals surface area contributed by atoms with E-state index in [1.807, 2.05) is 0 Å². The summed E-state index contributed by atoms with van der Waals surface area (Å²) >= 11 is 0. The van der Waals surface area contributed by atoms with Gasteiger partial charge in [0.25, 0.3) is 5.91 Å². The quantitative estimate of drug-likeness (QED) is 0.819. The van der Waals surface area contributed by atoms with Gasteiger partial charge in [0.2, 0.25) is 0 Å². The molecule has 3 nitrogen and oxygen atoms in total. The van der Waals surface area contributed by atoms with Crippen molar-refractivity contribution in [2.45, 2.75) is 26.3 Å². The topological polar surface area (TPSA) is 23.6 Å². The highest BCUT2D eigenvalue weighted by Gasteiger charge is 2.22. The number of amides is 1. The van der Waals surface area contributed by atoms with Crippen LogP contribution in [0.3, 0.4) is 0 Å². The molecule has 19 heavy (non-hydrogen) atoms. The van der Waals surface area contributed by atoms with Crippen molar-refractivity contribution in [2.24, 2.45) is 0 Å². The smallest absolute Gasteiger partial charge is 0.256 e. The predicted molar refractivity (Wildman–Crippen MR) is 73.6 cm³/mol. The fourth-order valence-electron chi connectivity index (χ4n) is 2.46. The molecule has 1 fully saturated rings. The van der Waals surface area contributed by atoms with Gasteiger partial charge < -0.3 is 4.90 Å². The van der Waals surface area contributed by atoms with Crippen molar-refractivity contribution in [1.82, 2.24) is 9.80 Å². The van der Waals surface area contributed by atoms with Crippen molar-refractivity contribution < 1.29 is 9.18 Å². The first kappa shape index (κ1) is 14.0. The molecule has 0 spiro atoms. The zero-order valence-electron chi connectivity index (χ0n) is 11.6. The molecule has 1 aromatic rings. The van der Waals surface area contributed by atoms with E-state index in [0.717, 1.165) is 19.5 Å². The molecule has 0 unspecified atom stereocenters. The predicted octanol–water partition coefficient (Wildman–Crippen LogP) is 2.38. The first-order valence-electron chi connectivity index (χ1n) is 6.87. The third-order valence-corrected chi connectivity index (χ3v) is 3.65. The Balaban J connectivity index is 2.06. The standard InChI is InChI=1S/C15H21FN2O/c1-12(2)17-8-5-9-18(11-10-17)15(19)13-6-3-4-7-14(13)16/h3-4,6-7,12H,5,8-11H2,1-2H3. The van der Waals surface area contributed by atoms with Crippen LogP contribution in [0.2, 0.25) is 0 Å². The highest BCUT2D eigenvalue weighted by atomic mass is 19.1. The fourth-order valence-corrected chi connectivity index (χ4v) is 2.46. The molecule has 104 valence electrons. The lowest BCUT2D eigenvalue weighted by Crippen LogP contribution is -2.37. The van der Waals surface area contributed by atoms with Crippen LogP contribution in [0.4, 0.5) is 4.39 Å². The molecule has 1 aliphatic rings. The Kier molecular flexibility index (Phi) is 4.53. The molecule has 2 rings (SSSR count). The minimum atomic E-state index is -0.433. The molecule has 0 radical (unpaired) electrons. The van der Waals surface area contributed by atoms with Gasteiger partial charge in [0.05, 0.1) is 5.56 Å². The summed E-state index contributed by atoms with van der Waals surface area (Å²) < 4.78 is 13.6. The molecule has 1 aromatic carbocycles. The van der Waals surface area contributed by atoms with Gasteiger partial charge in [0, 0.05) is 32.2 Å². The fraction of sp³-hybridized carbons (Fsp3) is 0.533. The maximum absolute atomic E-state index is 13.6. The molecule has 1 heterocycles. The normalized spacial score (nSPS) is 17.6. The lowest BCUT2D eigenvalue weighted by molar-refractivity contribution is 0.0754. The van der Waals surface area contributed by atoms with Gasteiger partial charge in [0.15, 0.2) is 0 Å². The largest absolute Gasteiger partial charge is 0.337 e. The first-order chi connectivity index (χ1) is 9.09. The Morgan fingerprint density at radius 2 is 1.89 bits per heavy atom. The first-order valence-corrected chi connectivity index (χ1v) is 6.87. The van der Waals surface area contributed by atoms with Gasteiger partial charge >= 0.3 is 0 Å². The number of rotatable bonds is 2. The zero-order chi connectivity index (χ0) is 13.8. The minimum absolute atomic E-state index is 0.181. The number of nitrogens with zero attached hydrogens (tertiary/aromatic N) is 2. The summed E-state index contributed by atoms with van der Waals surface area (Å²) in [5.41, 5.74) is 0.181. The van der Waals surface area contributed by atoms with Crippen LogP contribution in [0, 0.1) is 5.82 Å². The summed E-state index contributed by atoms with van der Waals surface area (Å²) in [6.07, 6.45) is 0.943. The van der Waals surface area contributed by atoms with E-state index in [9.17, 15) is 9.18 Å². The van der Waals surface area contributed by atoms with E-state index >= 15 is 0 Å². The maximum atomic E-state index is 13.6. The molecule has 0 aromatic heterocycles. The third-order valence-electron chi connectivity index (χ3n) is 3.65. The Hall–Kier alpha value is -1.42. The highest BCUT2D eigenvalue weighted by Crippen LogP contribution is 2.13. The van der Waals surface area contributed by atoms with Gasteiger partial charge in [-0.25, -0.2) is 4.39 Å². The lowest BCUT2D eigenvalue weighted by Gasteiger charge is -2.25. The zero-order valence-corrected chi connectivity index (χ0v) is 11.6. The second-order valence-electron chi connectivity index (χ2n) is 5.26. The minimum Gasteiger partial charge on any atom is -0.337 e. The van der Waals surface area contributed by atoms with Crippen LogP contribution in [0.25, 0.3) is 0 Å². The summed E-state index contributed by atoms with van der Waals surface area (Å²) in [4.78, 5) is 16.4. The van der Waals surface area contributed by atoms with E-state index in [0.29, 0.717) is 19.1 Å². The third kappa shape index (κ3) is 3.32. The summed E-state index contributed by atoms with van der Waals surface area (Å²) in [5, 5.41) is 0. The molecule has 1 amide bonds. The molecular weight excluding hydrogens is 243 g/mol. The van der Waals surface area contributed by atoms with Gasteiger partial charge in [0.1, 0.15) is 5.82 Å². The van der Waals surface area contributed by atoms with Crippen LogP contribution >= 0.6 is 0 Å². The molecule has 4 heteroatoms. The number of carbonyl (C=O) groups is 1. The number of benzene rings is 1. The Labute approximate surface area is 114 Å². The lowest BCUT2D eigenvalue weighted by atomic mass is 10.2. The maximum Gasteiger partial charge on any atom is 0.256 e. The summed E-state index contributed by atoms with van der Waals surface area (Å²) in [6, 6.07) is 6.70. The summed E-state index contributed by atoms with van der Waals surface area (Å²) in [7, 11) is 0. The highest BCUT2D eigenvalue weighted by molar-refractivity contribution is 5.94. The number of hydrogen-bond acceptors (Lipinski definition) is 2. The molecule has 1 saturated heterocycles. The van der Waals surface area contributed by atoms with Crippen molar-refractivity contribution in [3.05, 3.63) is 35.6 Å². The van der Waals surface area contributed by atoms with E-state index in [2.05, 4.69) is 18.7 Å². The van der Waals surface area contributed by atoms with Crippen molar-refractivity contribution in [2.75, 3.05) is 26.2 Å². The van der Waals surface area contributed by atoms with Gasteiger partial charge in [-0.15, -0.1) is 0 Å². The number of halogens is 1. The Morgan fingerprint density at radius 1 is 1.16 bits per heavy atom. The van der Waals surface area contributed by atoms with E-state index in [1.54, 1.807) is 23.1 Å². The van der Waals surface area contributed by atoms with E-state index < -0.39 is 5.82 Å². The van der Waals surface area contributed by atoms with Gasteiger partial charge in [-0.2, -0.15) is 0 Å². The van der Waals surface area contributed by atoms with Crippen LogP contribution in [0.5, 0.6) is 0 Å². The van der Waals surface area contributed by atoms with E-state index in [4.69, 9.17) is 0 Å².